The fraction of sp³-hybridized carbons (Fsp3) is 0.684. The number of allylic oxidation sites excluding steroid dienone is 1. The first-order chi connectivity index (χ1) is 12.3. The Morgan fingerprint density at radius 2 is 2.00 bits per heavy atom. The third-order valence-electron chi connectivity index (χ3n) is 3.82. The maximum Gasteiger partial charge on any atom is 0.273 e. The van der Waals surface area contributed by atoms with Gasteiger partial charge in [0.25, 0.3) is 12.3 Å². The van der Waals surface area contributed by atoms with E-state index in [9.17, 15) is 13.6 Å². The molecule has 0 radical (unpaired) electrons. The van der Waals surface area contributed by atoms with Gasteiger partial charge in [-0.3, -0.25) is 9.48 Å². The minimum atomic E-state index is -2.58. The lowest BCUT2D eigenvalue weighted by Gasteiger charge is -2.13. The van der Waals surface area contributed by atoms with Crippen LogP contribution < -0.4 is 10.1 Å². The van der Waals surface area contributed by atoms with Crippen LogP contribution >= 0.6 is 0 Å². The molecule has 2 unspecified atom stereocenters. The number of nitrogens with one attached hydrogen (secondary N) is 1. The van der Waals surface area contributed by atoms with Crippen molar-refractivity contribution in [3.63, 3.8) is 0 Å². The van der Waals surface area contributed by atoms with Gasteiger partial charge in [0.1, 0.15) is 5.69 Å². The maximum absolute atomic E-state index is 12.1. The summed E-state index contributed by atoms with van der Waals surface area (Å²) < 4.78 is 30.3. The highest BCUT2D eigenvalue weighted by Gasteiger charge is 2.14. The summed E-state index contributed by atoms with van der Waals surface area (Å²) in [5.41, 5.74) is 0.247. The van der Waals surface area contributed by atoms with E-state index in [0.29, 0.717) is 11.8 Å². The maximum atomic E-state index is 12.1. The number of hydrogen-bond donors (Lipinski definition) is 1. The number of amides is 1. The minimum absolute atomic E-state index is 0.00843. The minimum Gasteiger partial charge on any atom is -0.471 e. The van der Waals surface area contributed by atoms with Gasteiger partial charge in [-0.25, -0.2) is 8.78 Å². The first kappa shape index (κ1) is 24.1. The van der Waals surface area contributed by atoms with Gasteiger partial charge >= 0.3 is 0 Å². The molecule has 1 aromatic heterocycles. The van der Waals surface area contributed by atoms with E-state index < -0.39 is 13.0 Å². The van der Waals surface area contributed by atoms with Crippen molar-refractivity contribution in [3.8, 4) is 5.88 Å². The lowest BCUT2D eigenvalue weighted by atomic mass is 9.93. The van der Waals surface area contributed by atoms with E-state index in [2.05, 4.69) is 31.2 Å². The molecule has 1 aromatic rings. The van der Waals surface area contributed by atoms with E-state index in [1.807, 2.05) is 19.9 Å². The molecule has 7 heteroatoms. The van der Waals surface area contributed by atoms with E-state index in [0.717, 1.165) is 12.8 Å². The van der Waals surface area contributed by atoms with Crippen LogP contribution in [0.15, 0.2) is 18.3 Å². The molecule has 0 spiro atoms. The molecule has 5 nitrogen and oxygen atoms in total. The molecule has 0 aromatic carbocycles. The van der Waals surface area contributed by atoms with Crippen molar-refractivity contribution in [2.24, 2.45) is 18.9 Å². The number of carbonyl (C=O) groups is 1. The Hall–Kier alpha value is -1.92. The Bertz CT molecular complexity index is 545. The number of rotatable bonds is 10. The SMILES string of the molecule is CC.CCC(C)CC(C)C/C=C/NC(=O)c1cc(OCC(F)F)nn1C. The van der Waals surface area contributed by atoms with E-state index in [1.54, 1.807) is 13.2 Å². The molecular weight excluding hydrogens is 340 g/mol. The second-order valence-corrected chi connectivity index (χ2v) is 6.16. The van der Waals surface area contributed by atoms with Crippen LogP contribution in [-0.2, 0) is 7.05 Å². The van der Waals surface area contributed by atoms with Crippen molar-refractivity contribution in [1.29, 1.82) is 0 Å². The summed E-state index contributed by atoms with van der Waals surface area (Å²) in [6.45, 7) is 9.86. The fourth-order valence-corrected chi connectivity index (χ4v) is 2.33. The molecule has 1 rings (SSSR count). The van der Waals surface area contributed by atoms with Crippen molar-refractivity contribution in [3.05, 3.63) is 24.0 Å². The molecule has 2 atom stereocenters. The lowest BCUT2D eigenvalue weighted by molar-refractivity contribution is 0.0792. The van der Waals surface area contributed by atoms with Crippen molar-refractivity contribution in [1.82, 2.24) is 15.1 Å². The summed E-state index contributed by atoms with van der Waals surface area (Å²) in [4.78, 5) is 12.1. The molecule has 150 valence electrons. The van der Waals surface area contributed by atoms with Crippen LogP contribution in [0.3, 0.4) is 0 Å². The summed E-state index contributed by atoms with van der Waals surface area (Å²) in [5, 5.41) is 6.53. The molecule has 0 aliphatic rings. The lowest BCUT2D eigenvalue weighted by Crippen LogP contribution is -2.20. The molecule has 0 fully saturated rings. The molecule has 26 heavy (non-hydrogen) atoms. The number of aromatic nitrogens is 2. The number of hydrogen-bond acceptors (Lipinski definition) is 3. The quantitative estimate of drug-likeness (QED) is 0.641. The number of halogens is 2. The Labute approximate surface area is 155 Å². The van der Waals surface area contributed by atoms with E-state index >= 15 is 0 Å². The van der Waals surface area contributed by atoms with E-state index in [-0.39, 0.29) is 17.5 Å². The number of carbonyl (C=O) groups excluding carboxylic acids is 1. The van der Waals surface area contributed by atoms with Gasteiger partial charge in [0.05, 0.1) is 0 Å². The van der Waals surface area contributed by atoms with Gasteiger partial charge in [-0.05, 0) is 24.7 Å². The summed E-state index contributed by atoms with van der Waals surface area (Å²) in [5.74, 6) is 0.903. The average Bonchev–Trinajstić information content (AvgIpc) is 2.99. The normalized spacial score (nSPS) is 13.3. The van der Waals surface area contributed by atoms with Crippen molar-refractivity contribution < 1.29 is 18.3 Å². The van der Waals surface area contributed by atoms with Crippen molar-refractivity contribution >= 4 is 5.91 Å². The Morgan fingerprint density at radius 1 is 1.35 bits per heavy atom. The van der Waals surface area contributed by atoms with Crippen LogP contribution in [0.5, 0.6) is 5.88 Å². The van der Waals surface area contributed by atoms with Gasteiger partial charge in [0, 0.05) is 19.3 Å². The van der Waals surface area contributed by atoms with E-state index in [1.165, 1.54) is 17.2 Å². The monoisotopic (exact) mass is 373 g/mol. The van der Waals surface area contributed by atoms with Crippen LogP contribution in [0.4, 0.5) is 8.78 Å². The highest BCUT2D eigenvalue weighted by Crippen LogP contribution is 2.17. The zero-order chi connectivity index (χ0) is 20.1. The largest absolute Gasteiger partial charge is 0.471 e. The molecule has 0 aliphatic carbocycles. The van der Waals surface area contributed by atoms with Gasteiger partial charge in [-0.15, -0.1) is 5.10 Å². The van der Waals surface area contributed by atoms with Crippen LogP contribution in [0, 0.1) is 11.8 Å². The van der Waals surface area contributed by atoms with Crippen molar-refractivity contribution in [2.45, 2.75) is 60.3 Å². The predicted molar refractivity (Wildman–Crippen MR) is 101 cm³/mol. The Morgan fingerprint density at radius 3 is 2.58 bits per heavy atom. The predicted octanol–water partition coefficient (Wildman–Crippen LogP) is 4.80. The molecule has 0 aliphatic heterocycles. The first-order valence-corrected chi connectivity index (χ1v) is 9.24. The van der Waals surface area contributed by atoms with Gasteiger partial charge < -0.3 is 10.1 Å². The summed E-state index contributed by atoms with van der Waals surface area (Å²) in [6.07, 6.45) is 4.17. The van der Waals surface area contributed by atoms with Gasteiger partial charge in [-0.2, -0.15) is 0 Å². The zero-order valence-corrected chi connectivity index (χ0v) is 16.8. The average molecular weight is 373 g/mol. The first-order valence-electron chi connectivity index (χ1n) is 9.24. The summed E-state index contributed by atoms with van der Waals surface area (Å²) in [7, 11) is 1.56. The van der Waals surface area contributed by atoms with Gasteiger partial charge in [-0.1, -0.05) is 47.1 Å². The molecule has 0 saturated heterocycles. The van der Waals surface area contributed by atoms with Crippen LogP contribution in [-0.4, -0.2) is 28.7 Å². The van der Waals surface area contributed by atoms with Crippen molar-refractivity contribution in [2.75, 3.05) is 6.61 Å². The van der Waals surface area contributed by atoms with Crippen LogP contribution in [0.25, 0.3) is 0 Å². The third kappa shape index (κ3) is 9.53. The second-order valence-electron chi connectivity index (χ2n) is 6.16. The number of ether oxygens (including phenoxy) is 1. The summed E-state index contributed by atoms with van der Waals surface area (Å²) >= 11 is 0. The third-order valence-corrected chi connectivity index (χ3v) is 3.82. The van der Waals surface area contributed by atoms with E-state index in [4.69, 9.17) is 4.74 Å². The molecule has 1 N–H and O–H groups in total. The number of alkyl halides is 2. The molecule has 0 bridgehead atoms. The van der Waals surface area contributed by atoms with Crippen LogP contribution in [0.1, 0.15) is 64.4 Å². The van der Waals surface area contributed by atoms with Gasteiger partial charge in [0.2, 0.25) is 5.88 Å². The highest BCUT2D eigenvalue weighted by atomic mass is 19.3. The Balaban J connectivity index is 0.00000301. The van der Waals surface area contributed by atoms with Gasteiger partial charge in [0.15, 0.2) is 6.61 Å². The number of nitrogens with zero attached hydrogens (tertiary/aromatic N) is 2. The molecule has 1 heterocycles. The topological polar surface area (TPSA) is 56.1 Å². The Kier molecular flexibility index (Phi) is 12.3. The smallest absolute Gasteiger partial charge is 0.273 e. The van der Waals surface area contributed by atoms with Crippen LogP contribution in [0.2, 0.25) is 0 Å². The standard InChI is InChI=1S/C17H27F2N3O2.C2H6/c1-5-12(2)9-13(3)7-6-8-20-17(23)14-10-16(21-22(14)4)24-11-15(18)19;1-2/h6,8,10,12-13,15H,5,7,9,11H2,1-4H3,(H,20,23);1-2H3/b8-6+;. The zero-order valence-electron chi connectivity index (χ0n) is 16.8. The highest BCUT2D eigenvalue weighted by molar-refractivity contribution is 5.93. The second kappa shape index (κ2) is 13.3. The molecule has 1 amide bonds. The number of aryl methyl sites for hydroxylation is 1. The summed E-state index contributed by atoms with van der Waals surface area (Å²) in [6, 6.07) is 1.34. The molecular formula is C19H33F2N3O2. The molecule has 0 saturated carbocycles. The fourth-order valence-electron chi connectivity index (χ4n) is 2.33.